The van der Waals surface area contributed by atoms with Crippen molar-refractivity contribution in [2.75, 3.05) is 4.90 Å². The predicted octanol–water partition coefficient (Wildman–Crippen LogP) is 26.6. The molecule has 10 nitrogen and oxygen atoms in total. The molecular formula is C111H86FIr3N8O2Pt-5. The molecule has 0 saturated carbocycles. The van der Waals surface area contributed by atoms with Crippen LogP contribution < -0.4 is 4.90 Å². The van der Waals surface area contributed by atoms with Crippen molar-refractivity contribution in [1.82, 2.24) is 34.9 Å². The Morgan fingerprint density at radius 2 is 0.762 bits per heavy atom. The molecule has 2 aliphatic rings. The van der Waals surface area contributed by atoms with Gasteiger partial charge in [-0.05, 0) is 149 Å². The summed E-state index contributed by atoms with van der Waals surface area (Å²) in [5.41, 5.74) is 31.0. The van der Waals surface area contributed by atoms with E-state index < -0.39 is 0 Å². The van der Waals surface area contributed by atoms with Crippen LogP contribution in [-0.2, 0) is 99.0 Å². The zero-order chi connectivity index (χ0) is 84.5. The zero-order valence-corrected chi connectivity index (χ0v) is 79.6. The first kappa shape index (κ1) is 95.5. The van der Waals surface area contributed by atoms with Crippen LogP contribution in [0.5, 0.6) is 0 Å². The fraction of sp³-hybridized carbons (Fsp3) is 0.0811. The van der Waals surface area contributed by atoms with Crippen LogP contribution in [0.4, 0.5) is 21.7 Å². The number of nitrogens with zero attached hydrogens (tertiary/aromatic N) is 8. The maximum absolute atomic E-state index is 13.5. The van der Waals surface area contributed by atoms with Crippen molar-refractivity contribution in [3.05, 3.63) is 469 Å². The number of hydrogen-bond donors (Lipinski definition) is 1. The van der Waals surface area contributed by atoms with E-state index in [9.17, 15) is 9.18 Å². The van der Waals surface area contributed by atoms with E-state index in [1.165, 1.54) is 92.9 Å². The topological polar surface area (TPSA) is 131 Å². The average Bonchev–Trinajstić information content (AvgIpc) is 0.722. The summed E-state index contributed by atoms with van der Waals surface area (Å²) < 4.78 is 13.5. The Balaban J connectivity index is 0.000000159. The molecule has 9 heterocycles. The van der Waals surface area contributed by atoms with E-state index in [1.807, 2.05) is 238 Å². The number of fused-ring (bicyclic) bond motifs is 5. The molecule has 3 radical (unpaired) electrons. The molecule has 0 atom stereocenters. The molecule has 0 fully saturated rings. The van der Waals surface area contributed by atoms with Gasteiger partial charge < -0.3 is 25.0 Å². The average molecular weight is 2350 g/mol. The van der Waals surface area contributed by atoms with Gasteiger partial charge in [-0.3, -0.25) is 24.6 Å². The maximum atomic E-state index is 13.5. The molecule has 0 aliphatic carbocycles. The van der Waals surface area contributed by atoms with E-state index in [0.717, 1.165) is 120 Å². The molecule has 15 heteroatoms. The van der Waals surface area contributed by atoms with E-state index in [4.69, 9.17) is 15.1 Å². The van der Waals surface area contributed by atoms with Gasteiger partial charge >= 0.3 is 21.1 Å². The number of benzene rings is 11. The molecule has 18 aromatic rings. The molecular weight excluding hydrogens is 2270 g/mol. The van der Waals surface area contributed by atoms with Crippen molar-refractivity contribution in [3.63, 3.8) is 0 Å². The molecule has 20 rings (SSSR count). The third-order valence-corrected chi connectivity index (χ3v) is 20.0. The molecule has 11 aromatic carbocycles. The number of anilines is 3. The molecule has 1 N–H and O–H groups in total. The zero-order valence-electron chi connectivity index (χ0n) is 70.2. The molecule has 7 aromatic heterocycles. The normalized spacial score (nSPS) is 10.8. The first-order valence-electron chi connectivity index (χ1n) is 40.2. The summed E-state index contributed by atoms with van der Waals surface area (Å²) in [7, 11) is 0. The van der Waals surface area contributed by atoms with Crippen molar-refractivity contribution in [2.24, 2.45) is 0 Å². The third kappa shape index (κ3) is 25.5. The fourth-order valence-corrected chi connectivity index (χ4v) is 14.2. The number of rotatable bonds is 10. The van der Waals surface area contributed by atoms with Gasteiger partial charge in [-0.15, -0.1) is 250 Å². The molecule has 631 valence electrons. The van der Waals surface area contributed by atoms with Gasteiger partial charge in [0.2, 0.25) is 0 Å². The number of aliphatic hydroxyl groups is 1. The third-order valence-electron chi connectivity index (χ3n) is 20.0. The maximum Gasteiger partial charge on any atom is 2.00 e. The van der Waals surface area contributed by atoms with E-state index in [2.05, 4.69) is 196 Å². The number of para-hydroxylation sites is 1. The number of aliphatic hydroxyl groups excluding tert-OH is 1. The van der Waals surface area contributed by atoms with Crippen molar-refractivity contribution in [2.45, 2.75) is 61.3 Å². The molecule has 2 aliphatic heterocycles. The van der Waals surface area contributed by atoms with Crippen LogP contribution in [0.15, 0.2) is 370 Å². The van der Waals surface area contributed by atoms with E-state index in [0.29, 0.717) is 5.56 Å². The van der Waals surface area contributed by atoms with E-state index >= 15 is 0 Å². The van der Waals surface area contributed by atoms with Crippen molar-refractivity contribution < 1.29 is 95.7 Å². The Hall–Kier alpha value is -12.7. The summed E-state index contributed by atoms with van der Waals surface area (Å²) >= 11 is 0. The summed E-state index contributed by atoms with van der Waals surface area (Å²) in [4.78, 5) is 44.8. The summed E-state index contributed by atoms with van der Waals surface area (Å²) in [6.45, 7) is 12.9. The monoisotopic (exact) mass is 2360 g/mol. The number of ketones is 1. The Labute approximate surface area is 793 Å². The first-order valence-corrected chi connectivity index (χ1v) is 40.2. The summed E-state index contributed by atoms with van der Waals surface area (Å²) in [6, 6.07) is 133. The minimum atomic E-state index is -0.190. The molecule has 126 heavy (non-hydrogen) atoms. The molecule has 0 unspecified atom stereocenters. The number of hydrogen-bond acceptors (Lipinski definition) is 10. The number of carbonyl (C=O) groups is 1. The van der Waals surface area contributed by atoms with Crippen molar-refractivity contribution in [1.29, 1.82) is 0 Å². The quantitative estimate of drug-likeness (QED) is 0.0802. The van der Waals surface area contributed by atoms with E-state index in [-0.39, 0.29) is 98.7 Å². The van der Waals surface area contributed by atoms with Crippen LogP contribution in [-0.4, -0.2) is 45.8 Å². The largest absolute Gasteiger partial charge is 2.00 e. The number of aromatic nitrogens is 7. The van der Waals surface area contributed by atoms with Crippen LogP contribution in [0.2, 0.25) is 0 Å². The fourth-order valence-electron chi connectivity index (χ4n) is 14.2. The molecule has 0 bridgehead atoms. The second kappa shape index (κ2) is 47.4. The van der Waals surface area contributed by atoms with Crippen molar-refractivity contribution in [3.8, 4) is 101 Å². The van der Waals surface area contributed by atoms with Gasteiger partial charge in [0.15, 0.2) is 5.78 Å². The Bertz CT molecular complexity index is 6150. The molecule has 0 amide bonds. The smallest absolute Gasteiger partial charge is 0.512 e. The van der Waals surface area contributed by atoms with Gasteiger partial charge in [0.1, 0.15) is 17.5 Å². The first-order chi connectivity index (χ1) is 59.6. The number of aryl methyl sites for hydroxylation is 5. The number of pyridine rings is 7. The minimum Gasteiger partial charge on any atom is -0.512 e. The van der Waals surface area contributed by atoms with Gasteiger partial charge in [0.05, 0.1) is 17.0 Å². The minimum absolute atomic E-state index is 0. The van der Waals surface area contributed by atoms with Gasteiger partial charge in [-0.2, -0.15) is 0 Å². The number of carbonyl (C=O) groups excluding carboxylic acids is 1. The second-order valence-corrected chi connectivity index (χ2v) is 29.2. The summed E-state index contributed by atoms with van der Waals surface area (Å²) in [6.07, 6.45) is 10.4. The van der Waals surface area contributed by atoms with Crippen LogP contribution >= 0.6 is 0 Å². The SMILES string of the molecule is CC(=O)C=C(C)O.Cc1[c-]c(-c2ccc3cc(F)c(C)cc3n2)cc(C)c1.Cc1cc(-c2[c-]cccc2)ncc1-c1ccccc1.Cc1cc(-c2[c-]cccc2)ncc1-c1ccccc1.[Ir].[Ir].[Ir].[Pt+2].[c-]1ccccc1-c1ccc2c(n1)N1c3nc(-c4[c-]cccc4)ccc3Cc3cccc(c31)C2.[c-]1ccccc1-c1ccccn1.[c-]1ccccc1-c1ccccn1. The number of allylic oxidation sites excluding steroid dienone is 2. The van der Waals surface area contributed by atoms with Crippen LogP contribution in [0, 0.1) is 82.9 Å². The Morgan fingerprint density at radius 3 is 1.13 bits per heavy atom. The van der Waals surface area contributed by atoms with E-state index in [1.54, 1.807) is 25.4 Å². The Morgan fingerprint density at radius 1 is 0.373 bits per heavy atom. The van der Waals surface area contributed by atoms with Crippen LogP contribution in [0.1, 0.15) is 63.9 Å². The standard InChI is InChI=1S/C30H19N3.C18H15FN.2C18H14N.2C11H8N.C5H8O2.3Ir.Pt/c1-3-8-20(9-4-1)26-16-14-24-18-22-12-7-13-23-19-25-15-17-27(21-10-5-2-6-11-21)32-30(25)33(28(22)23)29(24)31-26;1-11-6-12(2)8-15(7-11)17-5-4-14-10-16(19)13(3)9-18(14)20-17;2*1-14-12-18(16-10-6-3-7-11-16)19-13-17(14)15-8-4-2-5-9-15;2*1-2-6-10(7-3-1)11-8-4-5-9-12-11;1-4(6)3-5(2)7;;;;/h1-8,10,12-17H,18-19H2;4-7,9-10H,1-3H3;2*2-10,12-13H,1H3;2*1-6,8-9H;3,6H,1-2H3;;;;/q-2;5*-1;;;;;+2. The van der Waals surface area contributed by atoms with Crippen LogP contribution in [0.3, 0.4) is 0 Å². The van der Waals surface area contributed by atoms with Crippen molar-refractivity contribution >= 4 is 34.0 Å². The Kier molecular flexibility index (Phi) is 35.9. The van der Waals surface area contributed by atoms with Crippen LogP contribution in [0.25, 0.3) is 112 Å². The second-order valence-electron chi connectivity index (χ2n) is 29.2. The predicted molar refractivity (Wildman–Crippen MR) is 493 cm³/mol. The van der Waals surface area contributed by atoms with Gasteiger partial charge in [-0.1, -0.05) is 166 Å². The number of halogens is 1. The van der Waals surface area contributed by atoms with Gasteiger partial charge in [-0.25, -0.2) is 4.39 Å². The molecule has 0 saturated heterocycles. The summed E-state index contributed by atoms with van der Waals surface area (Å²) in [5.74, 6) is 1.68. The van der Waals surface area contributed by atoms with Gasteiger partial charge in [0.25, 0.3) is 0 Å². The summed E-state index contributed by atoms with van der Waals surface area (Å²) in [5, 5.41) is 9.18. The van der Waals surface area contributed by atoms with Gasteiger partial charge in [0, 0.05) is 121 Å². The molecule has 0 spiro atoms.